The van der Waals surface area contributed by atoms with Gasteiger partial charge in [-0.05, 0) is 38.2 Å². The van der Waals surface area contributed by atoms with Gasteiger partial charge in [0.15, 0.2) is 5.69 Å². The van der Waals surface area contributed by atoms with E-state index >= 15 is 0 Å². The van der Waals surface area contributed by atoms with Gasteiger partial charge in [-0.2, -0.15) is 0 Å². The van der Waals surface area contributed by atoms with Gasteiger partial charge >= 0.3 is 4.77 Å². The Labute approximate surface area is 138 Å². The van der Waals surface area contributed by atoms with E-state index in [-0.39, 0.29) is 6.04 Å². The van der Waals surface area contributed by atoms with Crippen molar-refractivity contribution in [2.45, 2.75) is 26.8 Å². The second kappa shape index (κ2) is 5.68. The molecule has 108 valence electrons. The minimum Gasteiger partial charge on any atom is -0.219 e. The average molecular weight is 352 g/mol. The van der Waals surface area contributed by atoms with Crippen LogP contribution in [0.2, 0.25) is 15.1 Å². The highest BCUT2D eigenvalue weighted by atomic mass is 35.5. The summed E-state index contributed by atoms with van der Waals surface area (Å²) in [6.45, 7) is 6.17. The Hall–Kier alpha value is -0.550. The zero-order valence-electron chi connectivity index (χ0n) is 11.6. The molecule has 0 radical (unpaired) electrons. The molecule has 1 aromatic carbocycles. The number of halogens is 3. The smallest absolute Gasteiger partial charge is 0.219 e. The third-order valence-corrected chi connectivity index (χ3v) is 4.38. The lowest BCUT2D eigenvalue weighted by Gasteiger charge is -2.05. The van der Waals surface area contributed by atoms with Crippen molar-refractivity contribution in [3.63, 3.8) is 0 Å². The number of hydrogen-bond donors (Lipinski definition) is 0. The molecule has 0 aliphatic heterocycles. The third-order valence-electron chi connectivity index (χ3n) is 3.21. The molecule has 0 unspecified atom stereocenters. The number of hydrogen-bond acceptors (Lipinski definition) is 1. The molecule has 2 rings (SSSR count). The van der Waals surface area contributed by atoms with Gasteiger partial charge in [-0.1, -0.05) is 39.5 Å². The van der Waals surface area contributed by atoms with E-state index in [1.165, 1.54) is 0 Å². The topological polar surface area (TPSA) is 13.7 Å². The van der Waals surface area contributed by atoms with E-state index in [9.17, 15) is 0 Å². The van der Waals surface area contributed by atoms with Crippen LogP contribution in [-0.4, -0.2) is 9.36 Å². The van der Waals surface area contributed by atoms with E-state index in [1.807, 2.05) is 23.3 Å². The summed E-state index contributed by atoms with van der Waals surface area (Å²) in [5, 5.41) is 1.43. The predicted molar refractivity (Wildman–Crippen MR) is 85.9 cm³/mol. The van der Waals surface area contributed by atoms with Gasteiger partial charge in [0, 0.05) is 11.9 Å². The van der Waals surface area contributed by atoms with Gasteiger partial charge in [-0.25, -0.2) is 4.57 Å². The Morgan fingerprint density at radius 3 is 2.05 bits per heavy atom. The van der Waals surface area contributed by atoms with Crippen LogP contribution in [0.5, 0.6) is 0 Å². The van der Waals surface area contributed by atoms with Crippen molar-refractivity contribution in [2.75, 3.05) is 0 Å². The summed E-state index contributed by atoms with van der Waals surface area (Å²) in [7, 11) is 1.92. The van der Waals surface area contributed by atoms with E-state index < -0.39 is 0 Å². The first kappa shape index (κ1) is 15.8. The molecule has 20 heavy (non-hydrogen) atoms. The van der Waals surface area contributed by atoms with Crippen molar-refractivity contribution in [1.29, 1.82) is 0 Å². The standard InChI is InChI=1S/C13H15Cl3N3S/c1-7(2)18-8(3)17(4)19(13(18)20)12-10(15)5-9(14)6-11(12)16/h5-7H,1-4H3/q+1. The van der Waals surface area contributed by atoms with Crippen LogP contribution in [0.15, 0.2) is 12.1 Å². The van der Waals surface area contributed by atoms with Gasteiger partial charge in [0.1, 0.15) is 0 Å². The van der Waals surface area contributed by atoms with E-state index in [4.69, 9.17) is 47.0 Å². The van der Waals surface area contributed by atoms with Crippen LogP contribution < -0.4 is 4.57 Å². The van der Waals surface area contributed by atoms with E-state index in [0.29, 0.717) is 25.5 Å². The molecule has 0 atom stereocenters. The van der Waals surface area contributed by atoms with Gasteiger partial charge in [0.25, 0.3) is 0 Å². The summed E-state index contributed by atoms with van der Waals surface area (Å²) in [5.41, 5.74) is 0.646. The first-order valence-electron chi connectivity index (χ1n) is 6.10. The summed E-state index contributed by atoms with van der Waals surface area (Å²) in [6, 6.07) is 3.57. The fraction of sp³-hybridized carbons (Fsp3) is 0.385. The van der Waals surface area contributed by atoms with Crippen LogP contribution in [-0.2, 0) is 7.05 Å². The lowest BCUT2D eigenvalue weighted by molar-refractivity contribution is -0.728. The number of benzene rings is 1. The SMILES string of the molecule is Cc1n(C)n(-c2c(Cl)cc(Cl)cc2Cl)c(=S)[n+]1C(C)C. The van der Waals surface area contributed by atoms with Crippen molar-refractivity contribution in [3.8, 4) is 5.69 Å². The van der Waals surface area contributed by atoms with Crippen molar-refractivity contribution < 1.29 is 4.57 Å². The fourth-order valence-electron chi connectivity index (χ4n) is 2.25. The van der Waals surface area contributed by atoms with Gasteiger partial charge in [0.2, 0.25) is 5.82 Å². The molecular weight excluding hydrogens is 337 g/mol. The number of aromatic nitrogens is 3. The molecule has 0 amide bonds. The van der Waals surface area contributed by atoms with Crippen molar-refractivity contribution in [2.24, 2.45) is 7.05 Å². The average Bonchev–Trinajstić information content (AvgIpc) is 2.51. The predicted octanol–water partition coefficient (Wildman–Crippen LogP) is 4.68. The molecule has 3 nitrogen and oxygen atoms in total. The van der Waals surface area contributed by atoms with E-state index in [2.05, 4.69) is 18.4 Å². The second-order valence-corrected chi connectivity index (χ2v) is 6.46. The van der Waals surface area contributed by atoms with E-state index in [0.717, 1.165) is 5.82 Å². The summed E-state index contributed by atoms with van der Waals surface area (Å²) in [6.07, 6.45) is 0. The van der Waals surface area contributed by atoms with Crippen LogP contribution in [0.4, 0.5) is 0 Å². The molecule has 2 aromatic rings. The summed E-state index contributed by atoms with van der Waals surface area (Å²) in [4.78, 5) is 0. The lowest BCUT2D eigenvalue weighted by Crippen LogP contribution is -2.39. The molecule has 7 heteroatoms. The van der Waals surface area contributed by atoms with Crippen molar-refractivity contribution in [1.82, 2.24) is 9.36 Å². The second-order valence-electron chi connectivity index (χ2n) is 4.85. The van der Waals surface area contributed by atoms with Gasteiger partial charge in [-0.15, -0.1) is 4.68 Å². The molecule has 0 saturated heterocycles. The Morgan fingerprint density at radius 1 is 1.15 bits per heavy atom. The van der Waals surface area contributed by atoms with Gasteiger partial charge < -0.3 is 0 Å². The normalized spacial score (nSPS) is 11.4. The first-order chi connectivity index (χ1) is 9.25. The van der Waals surface area contributed by atoms with Crippen molar-refractivity contribution in [3.05, 3.63) is 37.8 Å². The molecule has 0 saturated carbocycles. The largest absolute Gasteiger partial charge is 0.331 e. The maximum Gasteiger partial charge on any atom is 0.331 e. The maximum absolute atomic E-state index is 6.30. The molecule has 0 fully saturated rings. The summed E-state index contributed by atoms with van der Waals surface area (Å²) in [5.74, 6) is 1.02. The molecule has 0 bridgehead atoms. The molecule has 0 aliphatic rings. The van der Waals surface area contributed by atoms with Crippen LogP contribution in [0.1, 0.15) is 25.7 Å². The number of rotatable bonds is 2. The third kappa shape index (κ3) is 2.50. The fourth-order valence-corrected chi connectivity index (χ4v) is 3.78. The quantitative estimate of drug-likeness (QED) is 0.566. The highest BCUT2D eigenvalue weighted by molar-refractivity contribution is 7.71. The zero-order valence-corrected chi connectivity index (χ0v) is 14.7. The summed E-state index contributed by atoms with van der Waals surface area (Å²) < 4.78 is 6.46. The molecule has 0 N–H and O–H groups in total. The van der Waals surface area contributed by atoms with Crippen molar-refractivity contribution >= 4 is 47.0 Å². The highest BCUT2D eigenvalue weighted by Gasteiger charge is 2.26. The Bertz CT molecular complexity index is 708. The molecule has 1 heterocycles. The minimum atomic E-state index is 0.250. The maximum atomic E-state index is 6.30. The Balaban J connectivity index is 2.85. The molecule has 0 spiro atoms. The highest BCUT2D eigenvalue weighted by Crippen LogP contribution is 2.32. The first-order valence-corrected chi connectivity index (χ1v) is 7.65. The lowest BCUT2D eigenvalue weighted by atomic mass is 10.3. The van der Waals surface area contributed by atoms with Crippen LogP contribution in [0.3, 0.4) is 0 Å². The van der Waals surface area contributed by atoms with Gasteiger partial charge in [0.05, 0.1) is 23.1 Å². The zero-order chi connectivity index (χ0) is 15.2. The van der Waals surface area contributed by atoms with Crippen LogP contribution in [0.25, 0.3) is 5.69 Å². The monoisotopic (exact) mass is 350 g/mol. The molecule has 1 aromatic heterocycles. The van der Waals surface area contributed by atoms with Gasteiger partial charge in [-0.3, -0.25) is 0 Å². The minimum absolute atomic E-state index is 0.250. The number of nitrogens with zero attached hydrogens (tertiary/aromatic N) is 3. The summed E-state index contributed by atoms with van der Waals surface area (Å²) >= 11 is 24.1. The van der Waals surface area contributed by atoms with E-state index in [1.54, 1.807) is 12.1 Å². The van der Waals surface area contributed by atoms with Crippen LogP contribution in [0, 0.1) is 11.7 Å². The molecular formula is C13H15Cl3N3S+. The Morgan fingerprint density at radius 2 is 1.65 bits per heavy atom. The Kier molecular flexibility index (Phi) is 4.50. The van der Waals surface area contributed by atoms with Crippen LogP contribution >= 0.6 is 47.0 Å². The molecule has 0 aliphatic carbocycles.